The standard InChI is InChI=1S/C27H25ClN4O/c28-20-7-8-21-22(17-31(25(21)14-20)16-19-4-3-11-30-15-19)26(33)32-18-27(9-12-29-13-10-27)23-5-1-2-6-24(23)32/h1-8,11,14-15,17,29H,9-10,12-13,16,18H2. The van der Waals surface area contributed by atoms with Gasteiger partial charge in [-0.1, -0.05) is 41.9 Å². The Kier molecular flexibility index (Phi) is 4.97. The molecule has 2 aromatic carbocycles. The van der Waals surface area contributed by atoms with E-state index < -0.39 is 0 Å². The molecule has 0 radical (unpaired) electrons. The van der Waals surface area contributed by atoms with Crippen molar-refractivity contribution in [3.63, 3.8) is 0 Å². The van der Waals surface area contributed by atoms with E-state index in [0.717, 1.165) is 54.6 Å². The number of hydrogen-bond donors (Lipinski definition) is 1. The number of pyridine rings is 1. The van der Waals surface area contributed by atoms with Gasteiger partial charge in [-0.15, -0.1) is 0 Å². The molecule has 0 aliphatic carbocycles. The summed E-state index contributed by atoms with van der Waals surface area (Å²) in [6.07, 6.45) is 7.70. The summed E-state index contributed by atoms with van der Waals surface area (Å²) < 4.78 is 2.10. The van der Waals surface area contributed by atoms with Crippen LogP contribution in [0.3, 0.4) is 0 Å². The molecule has 1 amide bonds. The van der Waals surface area contributed by atoms with Gasteiger partial charge in [0.25, 0.3) is 5.91 Å². The monoisotopic (exact) mass is 456 g/mol. The number of para-hydroxylation sites is 1. The van der Waals surface area contributed by atoms with Crippen LogP contribution in [0.15, 0.2) is 73.2 Å². The van der Waals surface area contributed by atoms with E-state index in [1.54, 1.807) is 6.20 Å². The average molecular weight is 457 g/mol. The summed E-state index contributed by atoms with van der Waals surface area (Å²) in [7, 11) is 0. The molecule has 0 bridgehead atoms. The molecule has 0 atom stereocenters. The van der Waals surface area contributed by atoms with Crippen molar-refractivity contribution in [3.8, 4) is 0 Å². The summed E-state index contributed by atoms with van der Waals surface area (Å²) in [4.78, 5) is 20.3. The summed E-state index contributed by atoms with van der Waals surface area (Å²) in [5.41, 5.74) is 5.14. The minimum absolute atomic E-state index is 0.0366. The predicted molar refractivity (Wildman–Crippen MR) is 132 cm³/mol. The van der Waals surface area contributed by atoms with Crippen molar-refractivity contribution in [1.29, 1.82) is 0 Å². The molecule has 166 valence electrons. The number of aromatic nitrogens is 2. The van der Waals surface area contributed by atoms with Crippen LogP contribution >= 0.6 is 11.6 Å². The predicted octanol–water partition coefficient (Wildman–Crippen LogP) is 5.02. The van der Waals surface area contributed by atoms with Crippen molar-refractivity contribution >= 4 is 34.1 Å². The largest absolute Gasteiger partial charge is 0.342 e. The van der Waals surface area contributed by atoms with E-state index in [0.29, 0.717) is 17.1 Å². The van der Waals surface area contributed by atoms with Crippen molar-refractivity contribution in [1.82, 2.24) is 14.9 Å². The molecule has 2 aliphatic rings. The Hall–Kier alpha value is -3.15. The van der Waals surface area contributed by atoms with Gasteiger partial charge in [0.1, 0.15) is 0 Å². The van der Waals surface area contributed by atoms with Gasteiger partial charge in [0.05, 0.1) is 11.1 Å². The molecule has 1 N–H and O–H groups in total. The normalized spacial score (nSPS) is 16.9. The highest BCUT2D eigenvalue weighted by Gasteiger charge is 2.45. The number of halogens is 1. The van der Waals surface area contributed by atoms with Crippen LogP contribution in [-0.2, 0) is 12.0 Å². The number of hydrogen-bond acceptors (Lipinski definition) is 3. The smallest absolute Gasteiger partial charge is 0.260 e. The van der Waals surface area contributed by atoms with Crippen molar-refractivity contribution in [2.24, 2.45) is 0 Å². The Morgan fingerprint density at radius 1 is 1.09 bits per heavy atom. The van der Waals surface area contributed by atoms with Crippen molar-refractivity contribution in [2.75, 3.05) is 24.5 Å². The lowest BCUT2D eigenvalue weighted by molar-refractivity contribution is 0.0984. The number of benzene rings is 2. The van der Waals surface area contributed by atoms with Crippen LogP contribution < -0.4 is 10.2 Å². The van der Waals surface area contributed by atoms with E-state index in [-0.39, 0.29) is 11.3 Å². The van der Waals surface area contributed by atoms with Crippen LogP contribution in [0.2, 0.25) is 5.02 Å². The topological polar surface area (TPSA) is 50.2 Å². The molecule has 5 nitrogen and oxygen atoms in total. The summed E-state index contributed by atoms with van der Waals surface area (Å²) in [6.45, 7) is 3.33. The Balaban J connectivity index is 1.43. The lowest BCUT2D eigenvalue weighted by Crippen LogP contribution is -2.44. The molecule has 1 saturated heterocycles. The van der Waals surface area contributed by atoms with E-state index in [1.165, 1.54) is 5.56 Å². The van der Waals surface area contributed by atoms with Crippen molar-refractivity contribution < 1.29 is 4.79 Å². The summed E-state index contributed by atoms with van der Waals surface area (Å²) in [6, 6.07) is 18.2. The fourth-order valence-corrected chi connectivity index (χ4v) is 5.71. The SMILES string of the molecule is O=C(c1cn(Cc2cccnc2)c2cc(Cl)ccc12)N1CC2(CCNCC2)c2ccccc21. The number of carbonyl (C=O) groups excluding carboxylic acids is 1. The maximum Gasteiger partial charge on any atom is 0.260 e. The molecule has 2 aliphatic heterocycles. The van der Waals surface area contributed by atoms with Crippen LogP contribution in [0.1, 0.15) is 34.3 Å². The molecule has 4 aromatic rings. The second-order valence-corrected chi connectivity index (χ2v) is 9.57. The molecule has 2 aromatic heterocycles. The van der Waals surface area contributed by atoms with E-state index in [9.17, 15) is 4.79 Å². The zero-order valence-electron chi connectivity index (χ0n) is 18.3. The molecule has 0 saturated carbocycles. The first-order valence-corrected chi connectivity index (χ1v) is 11.8. The second-order valence-electron chi connectivity index (χ2n) is 9.13. The Morgan fingerprint density at radius 2 is 1.94 bits per heavy atom. The van der Waals surface area contributed by atoms with Gasteiger partial charge in [-0.2, -0.15) is 0 Å². The third-order valence-electron chi connectivity index (χ3n) is 7.18. The number of anilines is 1. The molecule has 33 heavy (non-hydrogen) atoms. The molecular formula is C27H25ClN4O. The first kappa shape index (κ1) is 20.5. The molecule has 1 spiro atoms. The third-order valence-corrected chi connectivity index (χ3v) is 7.42. The first-order valence-electron chi connectivity index (χ1n) is 11.4. The van der Waals surface area contributed by atoms with E-state index in [1.807, 2.05) is 53.7 Å². The quantitative estimate of drug-likeness (QED) is 0.471. The number of fused-ring (bicyclic) bond motifs is 3. The molecule has 0 unspecified atom stereocenters. The van der Waals surface area contributed by atoms with Crippen LogP contribution in [0, 0.1) is 0 Å². The van der Waals surface area contributed by atoms with Crippen LogP contribution in [-0.4, -0.2) is 35.1 Å². The lowest BCUT2D eigenvalue weighted by Gasteiger charge is -2.34. The average Bonchev–Trinajstić information content (AvgIpc) is 3.36. The summed E-state index contributed by atoms with van der Waals surface area (Å²) in [5.74, 6) is 0.0510. The number of rotatable bonds is 3. The van der Waals surface area contributed by atoms with Gasteiger partial charge in [-0.25, -0.2) is 0 Å². The van der Waals surface area contributed by atoms with Gasteiger partial charge in [0.15, 0.2) is 0 Å². The Morgan fingerprint density at radius 3 is 2.76 bits per heavy atom. The van der Waals surface area contributed by atoms with Gasteiger partial charge in [0.2, 0.25) is 0 Å². The number of amides is 1. The zero-order valence-corrected chi connectivity index (χ0v) is 19.1. The molecular weight excluding hydrogens is 432 g/mol. The zero-order chi connectivity index (χ0) is 22.4. The maximum absolute atomic E-state index is 14.1. The van der Waals surface area contributed by atoms with Gasteiger partial charge in [-0.3, -0.25) is 9.78 Å². The molecule has 6 heteroatoms. The fourth-order valence-electron chi connectivity index (χ4n) is 5.54. The van der Waals surface area contributed by atoms with Gasteiger partial charge < -0.3 is 14.8 Å². The third kappa shape index (κ3) is 3.43. The van der Waals surface area contributed by atoms with E-state index >= 15 is 0 Å². The highest BCUT2D eigenvalue weighted by atomic mass is 35.5. The fraction of sp³-hybridized carbons (Fsp3) is 0.259. The highest BCUT2D eigenvalue weighted by Crippen LogP contribution is 2.46. The first-order chi connectivity index (χ1) is 16.1. The number of nitrogens with zero attached hydrogens (tertiary/aromatic N) is 3. The van der Waals surface area contributed by atoms with Crippen LogP contribution in [0.25, 0.3) is 10.9 Å². The second kappa shape index (κ2) is 8.01. The molecule has 6 rings (SSSR count). The Labute approximate surface area is 198 Å². The van der Waals surface area contributed by atoms with E-state index in [4.69, 9.17) is 11.6 Å². The summed E-state index contributed by atoms with van der Waals surface area (Å²) >= 11 is 6.35. The Bertz CT molecular complexity index is 1340. The molecule has 4 heterocycles. The van der Waals surface area contributed by atoms with Crippen LogP contribution in [0.5, 0.6) is 0 Å². The van der Waals surface area contributed by atoms with Gasteiger partial charge in [0, 0.05) is 53.2 Å². The number of carbonyl (C=O) groups is 1. The summed E-state index contributed by atoms with van der Waals surface area (Å²) in [5, 5.41) is 5.06. The number of piperidine rings is 1. The number of nitrogens with one attached hydrogen (secondary N) is 1. The minimum Gasteiger partial charge on any atom is -0.342 e. The molecule has 1 fully saturated rings. The minimum atomic E-state index is 0.0366. The lowest BCUT2D eigenvalue weighted by atomic mass is 9.75. The highest BCUT2D eigenvalue weighted by molar-refractivity contribution is 6.31. The van der Waals surface area contributed by atoms with Gasteiger partial charge >= 0.3 is 0 Å². The van der Waals surface area contributed by atoms with Crippen molar-refractivity contribution in [3.05, 3.63) is 94.9 Å². The van der Waals surface area contributed by atoms with Gasteiger partial charge in [-0.05, 0) is 61.3 Å². The van der Waals surface area contributed by atoms with Crippen molar-refractivity contribution in [2.45, 2.75) is 24.8 Å². The van der Waals surface area contributed by atoms with E-state index in [2.05, 4.69) is 33.1 Å². The van der Waals surface area contributed by atoms with Crippen LogP contribution in [0.4, 0.5) is 5.69 Å². The maximum atomic E-state index is 14.1.